The molecule has 74 valence electrons. The third-order valence-corrected chi connectivity index (χ3v) is 1.93. The maximum atomic E-state index is 11.9. The number of halogens is 2. The number of alkyl halides is 2. The predicted molar refractivity (Wildman–Crippen MR) is 46.3 cm³/mol. The number of hydrogen-bond acceptors (Lipinski definition) is 2. The highest BCUT2D eigenvalue weighted by molar-refractivity contribution is 4.63. The van der Waals surface area contributed by atoms with Crippen LogP contribution in [-0.4, -0.2) is 38.0 Å². The topological polar surface area (TPSA) is 29.3 Å². The Morgan fingerprint density at radius 3 is 2.25 bits per heavy atom. The molecular formula is C8H18F2N2. The summed E-state index contributed by atoms with van der Waals surface area (Å²) in [5.74, 6) is 0.341. The average molecular weight is 180 g/mol. The van der Waals surface area contributed by atoms with Crippen LogP contribution in [0.1, 0.15) is 13.3 Å². The molecule has 0 heterocycles. The molecule has 0 aromatic rings. The molecular weight excluding hydrogens is 162 g/mol. The molecule has 1 unspecified atom stereocenters. The van der Waals surface area contributed by atoms with Gasteiger partial charge >= 0.3 is 0 Å². The van der Waals surface area contributed by atoms with Crippen molar-refractivity contribution in [2.45, 2.75) is 19.8 Å². The van der Waals surface area contributed by atoms with Gasteiger partial charge in [-0.05, 0) is 19.5 Å². The predicted octanol–water partition coefficient (Wildman–Crippen LogP) is 1.17. The van der Waals surface area contributed by atoms with Gasteiger partial charge in [-0.1, -0.05) is 13.3 Å². The molecule has 0 aliphatic carbocycles. The summed E-state index contributed by atoms with van der Waals surface area (Å²) in [7, 11) is 1.70. The van der Waals surface area contributed by atoms with Gasteiger partial charge in [0, 0.05) is 6.54 Å². The van der Waals surface area contributed by atoms with Gasteiger partial charge in [0.25, 0.3) is 6.43 Å². The Morgan fingerprint density at radius 2 is 1.92 bits per heavy atom. The molecule has 2 N–H and O–H groups in total. The molecule has 0 spiro atoms. The third kappa shape index (κ3) is 5.43. The average Bonchev–Trinajstić information content (AvgIpc) is 1.98. The van der Waals surface area contributed by atoms with E-state index in [1.807, 2.05) is 6.92 Å². The minimum atomic E-state index is -2.25. The molecule has 0 fully saturated rings. The maximum absolute atomic E-state index is 11.9. The van der Waals surface area contributed by atoms with Crippen LogP contribution in [0.4, 0.5) is 8.78 Å². The zero-order valence-corrected chi connectivity index (χ0v) is 7.76. The van der Waals surface area contributed by atoms with Crippen LogP contribution in [0, 0.1) is 5.92 Å². The lowest BCUT2D eigenvalue weighted by Crippen LogP contribution is -2.32. The lowest BCUT2D eigenvalue weighted by Gasteiger charge is -2.21. The van der Waals surface area contributed by atoms with Gasteiger partial charge in [-0.3, -0.25) is 0 Å². The van der Waals surface area contributed by atoms with Crippen molar-refractivity contribution < 1.29 is 8.78 Å². The summed E-state index contributed by atoms with van der Waals surface area (Å²) in [5, 5.41) is 0. The number of nitrogens with zero attached hydrogens (tertiary/aromatic N) is 1. The lowest BCUT2D eigenvalue weighted by molar-refractivity contribution is 0.0933. The van der Waals surface area contributed by atoms with Crippen molar-refractivity contribution in [3.05, 3.63) is 0 Å². The Kier molecular flexibility index (Phi) is 6.20. The minimum Gasteiger partial charge on any atom is -0.330 e. The summed E-state index contributed by atoms with van der Waals surface area (Å²) in [6.07, 6.45) is -1.30. The summed E-state index contributed by atoms with van der Waals surface area (Å²) in [6.45, 7) is 3.10. The first-order valence-electron chi connectivity index (χ1n) is 4.26. The van der Waals surface area contributed by atoms with E-state index in [-0.39, 0.29) is 6.54 Å². The highest BCUT2D eigenvalue weighted by Crippen LogP contribution is 2.04. The number of hydrogen-bond donors (Lipinski definition) is 1. The molecule has 0 radical (unpaired) electrons. The van der Waals surface area contributed by atoms with E-state index in [9.17, 15) is 8.78 Å². The Hall–Kier alpha value is -0.220. The smallest absolute Gasteiger partial charge is 0.251 e. The second kappa shape index (κ2) is 6.31. The summed E-state index contributed by atoms with van der Waals surface area (Å²) >= 11 is 0. The van der Waals surface area contributed by atoms with Gasteiger partial charge < -0.3 is 10.6 Å². The minimum absolute atomic E-state index is 0.156. The van der Waals surface area contributed by atoms with Crippen molar-refractivity contribution in [2.24, 2.45) is 11.7 Å². The fraction of sp³-hybridized carbons (Fsp3) is 1.00. The van der Waals surface area contributed by atoms with E-state index in [2.05, 4.69) is 0 Å². The van der Waals surface area contributed by atoms with Crippen molar-refractivity contribution in [3.63, 3.8) is 0 Å². The molecule has 0 saturated heterocycles. The van der Waals surface area contributed by atoms with E-state index >= 15 is 0 Å². The van der Waals surface area contributed by atoms with Gasteiger partial charge in [0.05, 0.1) is 6.54 Å². The van der Waals surface area contributed by atoms with Gasteiger partial charge in [0.15, 0.2) is 0 Å². The van der Waals surface area contributed by atoms with Crippen LogP contribution >= 0.6 is 0 Å². The molecule has 0 rings (SSSR count). The Balaban J connectivity index is 3.58. The van der Waals surface area contributed by atoms with Gasteiger partial charge in [0.1, 0.15) is 0 Å². The standard InChI is InChI=1S/C8H18F2N2/c1-3-7(4-11)5-12(2)6-8(9)10/h7-8H,3-6,11H2,1-2H3. The highest BCUT2D eigenvalue weighted by atomic mass is 19.3. The Morgan fingerprint density at radius 1 is 1.33 bits per heavy atom. The summed E-state index contributed by atoms with van der Waals surface area (Å²) in [6, 6.07) is 0. The van der Waals surface area contributed by atoms with E-state index in [0.29, 0.717) is 19.0 Å². The second-order valence-corrected chi connectivity index (χ2v) is 3.12. The second-order valence-electron chi connectivity index (χ2n) is 3.12. The first kappa shape index (κ1) is 11.8. The molecule has 0 aliphatic rings. The van der Waals surface area contributed by atoms with Crippen LogP contribution in [0.15, 0.2) is 0 Å². The van der Waals surface area contributed by atoms with Gasteiger partial charge in [-0.25, -0.2) is 8.78 Å². The van der Waals surface area contributed by atoms with Gasteiger partial charge in [-0.15, -0.1) is 0 Å². The van der Waals surface area contributed by atoms with Crippen LogP contribution in [0.2, 0.25) is 0 Å². The van der Waals surface area contributed by atoms with E-state index in [1.54, 1.807) is 11.9 Å². The first-order chi connectivity index (χ1) is 5.60. The fourth-order valence-corrected chi connectivity index (χ4v) is 1.12. The molecule has 0 aromatic heterocycles. The highest BCUT2D eigenvalue weighted by Gasteiger charge is 2.11. The normalized spacial score (nSPS) is 14.2. The van der Waals surface area contributed by atoms with Gasteiger partial charge in [-0.2, -0.15) is 0 Å². The molecule has 0 aromatic carbocycles. The van der Waals surface area contributed by atoms with E-state index < -0.39 is 6.43 Å². The summed E-state index contributed by atoms with van der Waals surface area (Å²) in [5.41, 5.74) is 5.45. The van der Waals surface area contributed by atoms with Crippen molar-refractivity contribution >= 4 is 0 Å². The van der Waals surface area contributed by atoms with Crippen LogP contribution in [0.5, 0.6) is 0 Å². The molecule has 12 heavy (non-hydrogen) atoms. The molecule has 0 amide bonds. The zero-order valence-electron chi connectivity index (χ0n) is 7.76. The van der Waals surface area contributed by atoms with E-state index in [0.717, 1.165) is 6.42 Å². The lowest BCUT2D eigenvalue weighted by atomic mass is 10.1. The van der Waals surface area contributed by atoms with E-state index in [1.165, 1.54) is 0 Å². The van der Waals surface area contributed by atoms with Crippen molar-refractivity contribution in [3.8, 4) is 0 Å². The van der Waals surface area contributed by atoms with Crippen LogP contribution in [-0.2, 0) is 0 Å². The van der Waals surface area contributed by atoms with Crippen molar-refractivity contribution in [1.82, 2.24) is 4.90 Å². The van der Waals surface area contributed by atoms with Crippen molar-refractivity contribution in [1.29, 1.82) is 0 Å². The molecule has 4 heteroatoms. The van der Waals surface area contributed by atoms with Crippen LogP contribution < -0.4 is 5.73 Å². The number of rotatable bonds is 6. The molecule has 0 bridgehead atoms. The molecule has 1 atom stereocenters. The zero-order chi connectivity index (χ0) is 9.56. The van der Waals surface area contributed by atoms with Crippen LogP contribution in [0.3, 0.4) is 0 Å². The van der Waals surface area contributed by atoms with E-state index in [4.69, 9.17) is 5.73 Å². The summed E-state index contributed by atoms with van der Waals surface area (Å²) in [4.78, 5) is 1.63. The SMILES string of the molecule is CCC(CN)CN(C)CC(F)F. The van der Waals surface area contributed by atoms with Crippen LogP contribution in [0.25, 0.3) is 0 Å². The largest absolute Gasteiger partial charge is 0.330 e. The quantitative estimate of drug-likeness (QED) is 0.664. The molecule has 0 saturated carbocycles. The fourth-order valence-electron chi connectivity index (χ4n) is 1.12. The molecule has 2 nitrogen and oxygen atoms in total. The Bertz CT molecular complexity index is 105. The third-order valence-electron chi connectivity index (χ3n) is 1.93. The summed E-state index contributed by atoms with van der Waals surface area (Å²) < 4.78 is 23.7. The Labute approximate surface area is 72.7 Å². The molecule has 0 aliphatic heterocycles. The number of nitrogens with two attached hydrogens (primary N) is 1. The maximum Gasteiger partial charge on any atom is 0.251 e. The monoisotopic (exact) mass is 180 g/mol. The van der Waals surface area contributed by atoms with Crippen molar-refractivity contribution in [2.75, 3.05) is 26.7 Å². The van der Waals surface area contributed by atoms with Gasteiger partial charge in [0.2, 0.25) is 0 Å². The first-order valence-corrected chi connectivity index (χ1v) is 4.26.